The first-order valence-corrected chi connectivity index (χ1v) is 14.8. The van der Waals surface area contributed by atoms with E-state index in [0.29, 0.717) is 43.1 Å². The predicted octanol–water partition coefficient (Wildman–Crippen LogP) is 5.32. The minimum Gasteiger partial charge on any atom is -0.497 e. The van der Waals surface area contributed by atoms with Crippen molar-refractivity contribution in [1.82, 2.24) is 14.5 Å². The molecule has 1 aromatic heterocycles. The molecular formula is C32H38F3N5O4. The minimum absolute atomic E-state index is 0.0467. The van der Waals surface area contributed by atoms with Gasteiger partial charge in [0.15, 0.2) is 0 Å². The van der Waals surface area contributed by atoms with Crippen molar-refractivity contribution in [1.29, 1.82) is 0 Å². The summed E-state index contributed by atoms with van der Waals surface area (Å²) in [6.07, 6.45) is -0.303. The molecule has 12 heteroatoms. The lowest BCUT2D eigenvalue weighted by Crippen LogP contribution is -2.39. The number of anilines is 2. The SMILES string of the molecule is COc1ccc([C@@H]2CN(C(C)C)C[C@H]2C(=O)Nc2nccn2Cc2ccc(C(F)(F)F)cc2N2CCC[C@@H](C(=O)O)C2)cc1. The van der Waals surface area contributed by atoms with E-state index >= 15 is 0 Å². The van der Waals surface area contributed by atoms with E-state index in [1.54, 1.807) is 22.8 Å². The smallest absolute Gasteiger partial charge is 0.416 e. The molecule has 3 atom stereocenters. The number of carboxylic acids is 1. The Morgan fingerprint density at radius 2 is 1.86 bits per heavy atom. The van der Waals surface area contributed by atoms with Crippen molar-refractivity contribution in [2.24, 2.45) is 11.8 Å². The van der Waals surface area contributed by atoms with E-state index in [0.717, 1.165) is 30.0 Å². The van der Waals surface area contributed by atoms with Gasteiger partial charge >= 0.3 is 12.1 Å². The highest BCUT2D eigenvalue weighted by atomic mass is 19.4. The summed E-state index contributed by atoms with van der Waals surface area (Å²) in [6, 6.07) is 11.5. The number of likely N-dealkylation sites (tertiary alicyclic amines) is 1. The second-order valence-corrected chi connectivity index (χ2v) is 11.9. The molecule has 236 valence electrons. The van der Waals surface area contributed by atoms with Crippen molar-refractivity contribution in [3.05, 3.63) is 71.5 Å². The van der Waals surface area contributed by atoms with Gasteiger partial charge in [-0.3, -0.25) is 19.8 Å². The number of amides is 1. The fourth-order valence-electron chi connectivity index (χ4n) is 6.22. The second-order valence-electron chi connectivity index (χ2n) is 11.9. The van der Waals surface area contributed by atoms with Crippen LogP contribution in [0.15, 0.2) is 54.9 Å². The van der Waals surface area contributed by atoms with Crippen LogP contribution >= 0.6 is 0 Å². The Morgan fingerprint density at radius 3 is 2.52 bits per heavy atom. The average molecular weight is 614 g/mol. The van der Waals surface area contributed by atoms with Crippen LogP contribution in [0.4, 0.5) is 24.8 Å². The van der Waals surface area contributed by atoms with Gasteiger partial charge in [-0.05, 0) is 62.1 Å². The summed E-state index contributed by atoms with van der Waals surface area (Å²) in [6.45, 7) is 6.20. The third kappa shape index (κ3) is 6.85. The molecular weight excluding hydrogens is 575 g/mol. The molecule has 9 nitrogen and oxygen atoms in total. The number of ether oxygens (including phenoxy) is 1. The van der Waals surface area contributed by atoms with E-state index < -0.39 is 23.6 Å². The van der Waals surface area contributed by atoms with Crippen molar-refractivity contribution in [3.63, 3.8) is 0 Å². The number of piperidine rings is 1. The van der Waals surface area contributed by atoms with Gasteiger partial charge in [-0.25, -0.2) is 4.98 Å². The van der Waals surface area contributed by atoms with E-state index in [1.807, 2.05) is 24.3 Å². The third-order valence-electron chi connectivity index (χ3n) is 8.77. The van der Waals surface area contributed by atoms with Crippen LogP contribution in [0, 0.1) is 11.8 Å². The summed E-state index contributed by atoms with van der Waals surface area (Å²) in [5, 5.41) is 12.5. The highest BCUT2D eigenvalue weighted by molar-refractivity contribution is 5.92. The maximum Gasteiger partial charge on any atom is 0.416 e. The fraction of sp³-hybridized carbons (Fsp3) is 0.469. The average Bonchev–Trinajstić information content (AvgIpc) is 3.64. The van der Waals surface area contributed by atoms with Gasteiger partial charge < -0.3 is 19.3 Å². The van der Waals surface area contributed by atoms with Crippen LogP contribution in [0.25, 0.3) is 0 Å². The van der Waals surface area contributed by atoms with E-state index in [2.05, 4.69) is 29.0 Å². The quantitative estimate of drug-likeness (QED) is 0.337. The number of nitrogens with zero attached hydrogens (tertiary/aromatic N) is 4. The summed E-state index contributed by atoms with van der Waals surface area (Å²) in [5.41, 5.74) is 1.14. The Morgan fingerprint density at radius 1 is 1.11 bits per heavy atom. The van der Waals surface area contributed by atoms with Gasteiger partial charge in [0, 0.05) is 56.2 Å². The van der Waals surface area contributed by atoms with Gasteiger partial charge in [-0.2, -0.15) is 13.2 Å². The zero-order valence-corrected chi connectivity index (χ0v) is 25.1. The molecule has 2 aliphatic rings. The molecule has 3 heterocycles. The molecule has 5 rings (SSSR count). The summed E-state index contributed by atoms with van der Waals surface area (Å²) in [4.78, 5) is 33.8. The number of benzene rings is 2. The Kier molecular flexibility index (Phi) is 9.19. The Labute approximate surface area is 254 Å². The Hall–Kier alpha value is -4.06. The maximum absolute atomic E-state index is 13.8. The van der Waals surface area contributed by atoms with E-state index in [4.69, 9.17) is 4.74 Å². The van der Waals surface area contributed by atoms with Crippen molar-refractivity contribution in [3.8, 4) is 5.75 Å². The van der Waals surface area contributed by atoms with E-state index in [9.17, 15) is 27.9 Å². The number of halogens is 3. The molecule has 3 aromatic rings. The first kappa shape index (κ1) is 31.4. The first-order valence-electron chi connectivity index (χ1n) is 14.8. The summed E-state index contributed by atoms with van der Waals surface area (Å²) >= 11 is 0. The molecule has 2 aromatic carbocycles. The minimum atomic E-state index is -4.55. The van der Waals surface area contributed by atoms with Crippen LogP contribution in [0.3, 0.4) is 0 Å². The zero-order valence-electron chi connectivity index (χ0n) is 25.1. The van der Waals surface area contributed by atoms with Crippen LogP contribution < -0.4 is 15.0 Å². The van der Waals surface area contributed by atoms with E-state index in [-0.39, 0.29) is 36.9 Å². The predicted molar refractivity (Wildman–Crippen MR) is 160 cm³/mol. The molecule has 2 fully saturated rings. The molecule has 2 aliphatic heterocycles. The maximum atomic E-state index is 13.8. The lowest BCUT2D eigenvalue weighted by Gasteiger charge is -2.34. The number of carbonyl (C=O) groups excluding carboxylic acids is 1. The van der Waals surface area contributed by atoms with Crippen LogP contribution in [0.5, 0.6) is 5.75 Å². The monoisotopic (exact) mass is 613 g/mol. The first-order chi connectivity index (χ1) is 20.9. The largest absolute Gasteiger partial charge is 0.497 e. The lowest BCUT2D eigenvalue weighted by molar-refractivity contribution is -0.142. The van der Waals surface area contributed by atoms with Crippen molar-refractivity contribution in [2.75, 3.05) is 43.5 Å². The van der Waals surface area contributed by atoms with Crippen molar-refractivity contribution in [2.45, 2.75) is 51.4 Å². The van der Waals surface area contributed by atoms with Gasteiger partial charge in [0.25, 0.3) is 0 Å². The van der Waals surface area contributed by atoms with Crippen LogP contribution in [0.1, 0.15) is 49.3 Å². The van der Waals surface area contributed by atoms with Gasteiger partial charge in [-0.1, -0.05) is 18.2 Å². The number of alkyl halides is 3. The molecule has 0 bridgehead atoms. The van der Waals surface area contributed by atoms with Gasteiger partial charge in [-0.15, -0.1) is 0 Å². The van der Waals surface area contributed by atoms with Crippen molar-refractivity contribution >= 4 is 23.5 Å². The number of carboxylic acid groups (broad SMARTS) is 1. The highest BCUT2D eigenvalue weighted by Crippen LogP contribution is 2.37. The molecule has 0 spiro atoms. The van der Waals surface area contributed by atoms with Crippen LogP contribution in [0.2, 0.25) is 0 Å². The molecule has 0 radical (unpaired) electrons. The lowest BCUT2D eigenvalue weighted by atomic mass is 9.88. The fourth-order valence-corrected chi connectivity index (χ4v) is 6.22. The topological polar surface area (TPSA) is 99.9 Å². The van der Waals surface area contributed by atoms with Gasteiger partial charge in [0.1, 0.15) is 5.75 Å². The molecule has 2 saturated heterocycles. The summed E-state index contributed by atoms with van der Waals surface area (Å²) in [5.74, 6) is -1.17. The summed E-state index contributed by atoms with van der Waals surface area (Å²) < 4.78 is 48.1. The molecule has 0 aliphatic carbocycles. The normalized spacial score (nSPS) is 21.1. The third-order valence-corrected chi connectivity index (χ3v) is 8.77. The van der Waals surface area contributed by atoms with Gasteiger partial charge in [0.05, 0.1) is 31.1 Å². The van der Waals surface area contributed by atoms with Crippen molar-refractivity contribution < 1.29 is 32.6 Å². The van der Waals surface area contributed by atoms with E-state index in [1.165, 1.54) is 12.3 Å². The number of rotatable bonds is 9. The zero-order chi connectivity index (χ0) is 31.6. The van der Waals surface area contributed by atoms with Crippen LogP contribution in [-0.2, 0) is 22.3 Å². The molecule has 2 N–H and O–H groups in total. The number of imidazole rings is 1. The molecule has 44 heavy (non-hydrogen) atoms. The number of hydrogen-bond acceptors (Lipinski definition) is 6. The summed E-state index contributed by atoms with van der Waals surface area (Å²) in [7, 11) is 1.61. The Bertz CT molecular complexity index is 1470. The number of methoxy groups -OCH3 is 1. The number of aliphatic carboxylic acids is 1. The molecule has 1 amide bonds. The highest BCUT2D eigenvalue weighted by Gasteiger charge is 2.40. The van der Waals surface area contributed by atoms with Crippen LogP contribution in [-0.4, -0.2) is 70.8 Å². The molecule has 0 unspecified atom stereocenters. The van der Waals surface area contributed by atoms with Gasteiger partial charge in [0.2, 0.25) is 11.9 Å². The Balaban J connectivity index is 1.39. The number of aromatic nitrogens is 2. The number of carbonyl (C=O) groups is 2. The standard InChI is InChI=1S/C32H38F3N5O4/c1-20(2)40-18-26(21-7-10-25(44-3)11-8-21)27(19-40)29(41)37-31-36-12-14-39(31)16-22-6-9-24(32(33,34)35)15-28(22)38-13-4-5-23(17-38)30(42)43/h6-12,14-15,20,23,26-27H,4-5,13,16-19H2,1-3H3,(H,42,43)(H,36,37,41)/t23-,26+,27-/m1/s1. The second kappa shape index (κ2) is 12.9. The molecule has 0 saturated carbocycles. The number of nitrogens with one attached hydrogen (secondary N) is 1. The number of hydrogen-bond donors (Lipinski definition) is 2.